The van der Waals surface area contributed by atoms with Gasteiger partial charge in [-0.25, -0.2) is 4.98 Å². The van der Waals surface area contributed by atoms with E-state index in [0.29, 0.717) is 41.2 Å². The molecule has 0 aliphatic heterocycles. The fraction of sp³-hybridized carbons (Fsp3) is 0.429. The summed E-state index contributed by atoms with van der Waals surface area (Å²) in [6.07, 6.45) is 4.96. The van der Waals surface area contributed by atoms with Crippen molar-refractivity contribution in [3.05, 3.63) is 70.0 Å². The van der Waals surface area contributed by atoms with Crippen molar-refractivity contribution in [3.8, 4) is 0 Å². The summed E-state index contributed by atoms with van der Waals surface area (Å²) in [6.45, 7) is 3.07. The Kier molecular flexibility index (Phi) is 9.35. The summed E-state index contributed by atoms with van der Waals surface area (Å²) in [7, 11) is 1.59. The number of carbonyl (C=O) groups is 2. The second kappa shape index (κ2) is 12.9. The molecule has 0 spiro atoms. The van der Waals surface area contributed by atoms with Crippen molar-refractivity contribution in [2.24, 2.45) is 0 Å². The van der Waals surface area contributed by atoms with Crippen LogP contribution in [0.25, 0.3) is 10.9 Å². The highest BCUT2D eigenvalue weighted by Gasteiger charge is 2.22. The lowest BCUT2D eigenvalue weighted by Crippen LogP contribution is -2.35. The van der Waals surface area contributed by atoms with Gasteiger partial charge in [-0.2, -0.15) is 0 Å². The van der Waals surface area contributed by atoms with E-state index >= 15 is 0 Å². The minimum Gasteiger partial charge on any atom is -0.383 e. The molecular weight excluding hydrogens is 488 g/mol. The molecule has 0 unspecified atom stereocenters. The first-order valence-electron chi connectivity index (χ1n) is 12.8. The Morgan fingerprint density at radius 1 is 1.14 bits per heavy atom. The van der Waals surface area contributed by atoms with Crippen molar-refractivity contribution in [1.29, 1.82) is 0 Å². The zero-order chi connectivity index (χ0) is 26.2. The average molecular weight is 523 g/mol. The van der Waals surface area contributed by atoms with Crippen LogP contribution in [0.1, 0.15) is 54.9 Å². The van der Waals surface area contributed by atoms with Gasteiger partial charge in [0.25, 0.3) is 11.5 Å². The van der Waals surface area contributed by atoms with Crippen LogP contribution in [0.15, 0.2) is 58.5 Å². The average Bonchev–Trinajstić information content (AvgIpc) is 3.42. The number of ether oxygens (including phenoxy) is 1. The van der Waals surface area contributed by atoms with Crippen molar-refractivity contribution in [1.82, 2.24) is 20.2 Å². The van der Waals surface area contributed by atoms with Crippen LogP contribution in [0.3, 0.4) is 0 Å². The van der Waals surface area contributed by atoms with Crippen LogP contribution in [0, 0.1) is 0 Å². The van der Waals surface area contributed by atoms with Gasteiger partial charge in [-0.05, 0) is 49.1 Å². The summed E-state index contributed by atoms with van der Waals surface area (Å²) in [5.74, 6) is -0.180. The Hall–Kier alpha value is -3.17. The summed E-state index contributed by atoms with van der Waals surface area (Å²) in [6, 6.07) is 14.8. The first-order valence-corrected chi connectivity index (χ1v) is 13.7. The van der Waals surface area contributed by atoms with Gasteiger partial charge in [0.05, 0.1) is 29.3 Å². The number of nitrogens with one attached hydrogen (secondary N) is 2. The molecule has 37 heavy (non-hydrogen) atoms. The predicted octanol–water partition coefficient (Wildman–Crippen LogP) is 3.75. The van der Waals surface area contributed by atoms with E-state index in [1.807, 2.05) is 37.3 Å². The number of benzene rings is 2. The van der Waals surface area contributed by atoms with Gasteiger partial charge in [0.15, 0.2) is 5.16 Å². The second-order valence-corrected chi connectivity index (χ2v) is 10.4. The molecule has 8 nitrogen and oxygen atoms in total. The number of fused-ring (bicyclic) bond motifs is 1. The molecule has 2 N–H and O–H groups in total. The third kappa shape index (κ3) is 6.78. The van der Waals surface area contributed by atoms with Crippen LogP contribution in [0.5, 0.6) is 0 Å². The van der Waals surface area contributed by atoms with Crippen molar-refractivity contribution in [2.45, 2.75) is 62.0 Å². The van der Waals surface area contributed by atoms with Gasteiger partial charge in [-0.15, -0.1) is 0 Å². The normalized spacial score (nSPS) is 14.5. The van der Waals surface area contributed by atoms with Crippen molar-refractivity contribution in [2.75, 3.05) is 20.3 Å². The van der Waals surface area contributed by atoms with Crippen LogP contribution in [-0.2, 0) is 16.1 Å². The van der Waals surface area contributed by atoms with Crippen molar-refractivity contribution < 1.29 is 14.3 Å². The SMILES string of the molecule is CC[C@H](Sc1nc2ccccc2c(=O)n1Cc1ccc(C(=O)NC2CCCC2)cc1)C(=O)NCCOC. The molecule has 0 bridgehead atoms. The number of amides is 2. The zero-order valence-corrected chi connectivity index (χ0v) is 22.2. The van der Waals surface area contributed by atoms with Crippen LogP contribution < -0.4 is 16.2 Å². The molecule has 1 aliphatic rings. The minimum atomic E-state index is -0.405. The van der Waals surface area contributed by atoms with Gasteiger partial charge in [0.2, 0.25) is 5.91 Å². The topological polar surface area (TPSA) is 102 Å². The molecule has 9 heteroatoms. The number of carbonyl (C=O) groups excluding carboxylic acids is 2. The quantitative estimate of drug-likeness (QED) is 0.226. The fourth-order valence-electron chi connectivity index (χ4n) is 4.50. The van der Waals surface area contributed by atoms with Gasteiger partial charge < -0.3 is 15.4 Å². The fourth-order valence-corrected chi connectivity index (χ4v) is 5.54. The number of aromatic nitrogens is 2. The van der Waals surface area contributed by atoms with E-state index in [4.69, 9.17) is 9.72 Å². The smallest absolute Gasteiger partial charge is 0.262 e. The van der Waals surface area contributed by atoms with Crippen LogP contribution >= 0.6 is 11.8 Å². The number of hydrogen-bond donors (Lipinski definition) is 2. The monoisotopic (exact) mass is 522 g/mol. The summed E-state index contributed by atoms with van der Waals surface area (Å²) in [5.41, 5.74) is 1.91. The number of thioether (sulfide) groups is 1. The highest BCUT2D eigenvalue weighted by atomic mass is 32.2. The Bertz CT molecular complexity index is 1290. The van der Waals surface area contributed by atoms with E-state index < -0.39 is 5.25 Å². The van der Waals surface area contributed by atoms with Gasteiger partial charge in [0.1, 0.15) is 0 Å². The largest absolute Gasteiger partial charge is 0.383 e. The van der Waals surface area contributed by atoms with Gasteiger partial charge in [0, 0.05) is 25.3 Å². The number of para-hydroxylation sites is 1. The Labute approximate surface area is 221 Å². The number of hydrogen-bond acceptors (Lipinski definition) is 6. The molecule has 196 valence electrons. The van der Waals surface area contributed by atoms with E-state index in [2.05, 4.69) is 10.6 Å². The molecule has 1 fully saturated rings. The molecule has 1 aromatic heterocycles. The van der Waals surface area contributed by atoms with Crippen molar-refractivity contribution >= 4 is 34.5 Å². The molecule has 0 radical (unpaired) electrons. The predicted molar refractivity (Wildman–Crippen MR) is 146 cm³/mol. The lowest BCUT2D eigenvalue weighted by atomic mass is 10.1. The molecule has 1 heterocycles. The summed E-state index contributed by atoms with van der Waals surface area (Å²) >= 11 is 1.29. The second-order valence-electron chi connectivity index (χ2n) is 9.25. The van der Waals surface area contributed by atoms with Gasteiger partial charge in [-0.3, -0.25) is 19.0 Å². The van der Waals surface area contributed by atoms with Gasteiger partial charge in [-0.1, -0.05) is 55.8 Å². The Balaban J connectivity index is 1.58. The standard InChI is InChI=1S/C28H34N4O4S/c1-3-24(26(34)29-16-17-36-2)37-28-31-23-11-7-6-10-22(23)27(35)32(28)18-19-12-14-20(15-13-19)25(33)30-21-8-4-5-9-21/h6-7,10-15,21,24H,3-5,8-9,16-18H2,1-2H3,(H,29,34)(H,30,33)/t24-/m0/s1. The third-order valence-corrected chi connectivity index (χ3v) is 7.94. The lowest BCUT2D eigenvalue weighted by Gasteiger charge is -2.18. The zero-order valence-electron chi connectivity index (χ0n) is 21.4. The molecule has 2 aromatic carbocycles. The molecule has 4 rings (SSSR count). The minimum absolute atomic E-state index is 0.0653. The number of nitrogens with zero attached hydrogens (tertiary/aromatic N) is 2. The summed E-state index contributed by atoms with van der Waals surface area (Å²) in [4.78, 5) is 43.6. The van der Waals surface area contributed by atoms with E-state index in [1.165, 1.54) is 11.8 Å². The maximum Gasteiger partial charge on any atom is 0.262 e. The molecule has 1 aliphatic carbocycles. The summed E-state index contributed by atoms with van der Waals surface area (Å²) in [5, 5.41) is 6.59. The van der Waals surface area contributed by atoms with Crippen molar-refractivity contribution in [3.63, 3.8) is 0 Å². The van der Waals surface area contributed by atoms with E-state index in [-0.39, 0.29) is 30.0 Å². The summed E-state index contributed by atoms with van der Waals surface area (Å²) < 4.78 is 6.64. The van der Waals surface area contributed by atoms with E-state index in [9.17, 15) is 14.4 Å². The highest BCUT2D eigenvalue weighted by molar-refractivity contribution is 8.00. The van der Waals surface area contributed by atoms with Crippen LogP contribution in [0.4, 0.5) is 0 Å². The van der Waals surface area contributed by atoms with Crippen LogP contribution in [0.2, 0.25) is 0 Å². The maximum absolute atomic E-state index is 13.5. The molecule has 3 aromatic rings. The van der Waals surface area contributed by atoms with E-state index in [1.54, 1.807) is 29.9 Å². The van der Waals surface area contributed by atoms with Gasteiger partial charge >= 0.3 is 0 Å². The first-order chi connectivity index (χ1) is 18.0. The Morgan fingerprint density at radius 2 is 1.86 bits per heavy atom. The Morgan fingerprint density at radius 3 is 2.57 bits per heavy atom. The number of methoxy groups -OCH3 is 1. The van der Waals surface area contributed by atoms with E-state index in [0.717, 1.165) is 31.2 Å². The molecule has 1 saturated carbocycles. The first kappa shape index (κ1) is 26.9. The lowest BCUT2D eigenvalue weighted by molar-refractivity contribution is -0.120. The molecule has 1 atom stereocenters. The number of rotatable bonds is 11. The highest BCUT2D eigenvalue weighted by Crippen LogP contribution is 2.26. The molecular formula is C28H34N4O4S. The molecule has 0 saturated heterocycles. The molecule has 2 amide bonds. The maximum atomic E-state index is 13.5. The third-order valence-electron chi connectivity index (χ3n) is 6.59. The van der Waals surface area contributed by atoms with Crippen LogP contribution in [-0.4, -0.2) is 52.9 Å².